The maximum atomic E-state index is 11.8. The molecule has 0 bridgehead atoms. The van der Waals surface area contributed by atoms with E-state index in [4.69, 9.17) is 9.47 Å². The zero-order chi connectivity index (χ0) is 15.4. The van der Waals surface area contributed by atoms with Crippen LogP contribution in [-0.4, -0.2) is 31.8 Å². The lowest BCUT2D eigenvalue weighted by atomic mass is 10.0. The molecule has 0 spiro atoms. The van der Waals surface area contributed by atoms with E-state index in [9.17, 15) is 4.79 Å². The second-order valence-electron chi connectivity index (χ2n) is 6.05. The topological polar surface area (TPSA) is 59.6 Å². The number of urea groups is 1. The fraction of sp³-hybridized carbons (Fsp3) is 0.588. The molecule has 0 radical (unpaired) electrons. The molecule has 1 heterocycles. The summed E-state index contributed by atoms with van der Waals surface area (Å²) in [7, 11) is 0. The smallest absolute Gasteiger partial charge is 0.315 e. The van der Waals surface area contributed by atoms with Gasteiger partial charge in [0, 0.05) is 12.6 Å². The number of carbonyl (C=O) groups is 1. The second-order valence-corrected chi connectivity index (χ2v) is 6.05. The Kier molecular flexibility index (Phi) is 4.71. The van der Waals surface area contributed by atoms with E-state index in [1.807, 2.05) is 12.1 Å². The van der Waals surface area contributed by atoms with E-state index >= 15 is 0 Å². The highest BCUT2D eigenvalue weighted by atomic mass is 16.6. The Balaban J connectivity index is 1.49. The monoisotopic (exact) mass is 304 g/mol. The molecule has 0 unspecified atom stereocenters. The number of aryl methyl sites for hydroxylation is 1. The Morgan fingerprint density at radius 1 is 1.18 bits per heavy atom. The van der Waals surface area contributed by atoms with Crippen LogP contribution in [0.15, 0.2) is 12.1 Å². The van der Waals surface area contributed by atoms with E-state index < -0.39 is 0 Å². The van der Waals surface area contributed by atoms with Gasteiger partial charge in [0.2, 0.25) is 0 Å². The lowest BCUT2D eigenvalue weighted by Gasteiger charge is -2.20. The van der Waals surface area contributed by atoms with Crippen molar-refractivity contribution in [2.75, 3.05) is 19.8 Å². The first-order valence-electron chi connectivity index (χ1n) is 8.16. The fourth-order valence-electron chi connectivity index (χ4n) is 3.12. The summed E-state index contributed by atoms with van der Waals surface area (Å²) in [6, 6.07) is 4.35. The minimum atomic E-state index is -0.0536. The van der Waals surface area contributed by atoms with Crippen LogP contribution in [0.3, 0.4) is 0 Å². The van der Waals surface area contributed by atoms with Gasteiger partial charge in [0.15, 0.2) is 11.5 Å². The van der Waals surface area contributed by atoms with Gasteiger partial charge in [-0.2, -0.15) is 0 Å². The highest BCUT2D eigenvalue weighted by Crippen LogP contribution is 2.33. The molecule has 1 aliphatic carbocycles. The standard InChI is InChI=1S/C17H24N2O3/c1-12-10-15-16(22-9-8-21-15)11-13(12)6-7-18-17(20)19-14-4-2-3-5-14/h10-11,14H,2-9H2,1H3,(H2,18,19,20). The highest BCUT2D eigenvalue weighted by molar-refractivity contribution is 5.74. The SMILES string of the molecule is Cc1cc2c(cc1CCNC(=O)NC1CCCC1)OCCO2. The van der Waals surface area contributed by atoms with E-state index in [-0.39, 0.29) is 6.03 Å². The Hall–Kier alpha value is -1.91. The number of hydrogen-bond donors (Lipinski definition) is 2. The van der Waals surface area contributed by atoms with Crippen LogP contribution >= 0.6 is 0 Å². The molecule has 1 aromatic carbocycles. The molecule has 1 aromatic rings. The largest absolute Gasteiger partial charge is 0.486 e. The lowest BCUT2D eigenvalue weighted by Crippen LogP contribution is -2.41. The van der Waals surface area contributed by atoms with Crippen LogP contribution in [0.4, 0.5) is 4.79 Å². The molecule has 3 rings (SSSR count). The van der Waals surface area contributed by atoms with Crippen molar-refractivity contribution in [1.82, 2.24) is 10.6 Å². The Bertz CT molecular complexity index is 539. The van der Waals surface area contributed by atoms with Crippen LogP contribution in [0.25, 0.3) is 0 Å². The number of rotatable bonds is 4. The van der Waals surface area contributed by atoms with Crippen molar-refractivity contribution in [2.45, 2.75) is 45.1 Å². The van der Waals surface area contributed by atoms with Crippen molar-refractivity contribution in [3.8, 4) is 11.5 Å². The lowest BCUT2D eigenvalue weighted by molar-refractivity contribution is 0.171. The van der Waals surface area contributed by atoms with Crippen molar-refractivity contribution in [3.63, 3.8) is 0 Å². The Morgan fingerprint density at radius 2 is 1.86 bits per heavy atom. The second kappa shape index (κ2) is 6.90. The molecule has 1 saturated carbocycles. The summed E-state index contributed by atoms with van der Waals surface area (Å²) >= 11 is 0. The zero-order valence-corrected chi connectivity index (χ0v) is 13.1. The number of carbonyl (C=O) groups excluding carboxylic acids is 1. The van der Waals surface area contributed by atoms with E-state index in [0.29, 0.717) is 25.8 Å². The van der Waals surface area contributed by atoms with Gasteiger partial charge in [-0.3, -0.25) is 0 Å². The molecule has 22 heavy (non-hydrogen) atoms. The fourth-order valence-corrected chi connectivity index (χ4v) is 3.12. The van der Waals surface area contributed by atoms with Crippen molar-refractivity contribution < 1.29 is 14.3 Å². The van der Waals surface area contributed by atoms with Crippen LogP contribution in [0.2, 0.25) is 0 Å². The maximum absolute atomic E-state index is 11.8. The van der Waals surface area contributed by atoms with Crippen molar-refractivity contribution in [2.24, 2.45) is 0 Å². The first kappa shape index (κ1) is 15.0. The third kappa shape index (κ3) is 3.64. The van der Waals surface area contributed by atoms with Gasteiger partial charge in [0.25, 0.3) is 0 Å². The minimum absolute atomic E-state index is 0.0536. The predicted molar refractivity (Wildman–Crippen MR) is 84.7 cm³/mol. The summed E-state index contributed by atoms with van der Waals surface area (Å²) in [5.41, 5.74) is 2.35. The van der Waals surface area contributed by atoms with Crippen molar-refractivity contribution in [1.29, 1.82) is 0 Å². The van der Waals surface area contributed by atoms with Gasteiger partial charge < -0.3 is 20.1 Å². The molecule has 2 aliphatic rings. The summed E-state index contributed by atoms with van der Waals surface area (Å²) in [6.45, 7) is 3.89. The maximum Gasteiger partial charge on any atom is 0.315 e. The average molecular weight is 304 g/mol. The quantitative estimate of drug-likeness (QED) is 0.898. The molecular weight excluding hydrogens is 280 g/mol. The average Bonchev–Trinajstić information content (AvgIpc) is 3.00. The molecule has 0 aromatic heterocycles. The Morgan fingerprint density at radius 3 is 2.59 bits per heavy atom. The van der Waals surface area contributed by atoms with Crippen molar-refractivity contribution >= 4 is 6.03 Å². The highest BCUT2D eigenvalue weighted by Gasteiger charge is 2.17. The minimum Gasteiger partial charge on any atom is -0.486 e. The van der Waals surface area contributed by atoms with Crippen LogP contribution in [0.1, 0.15) is 36.8 Å². The normalized spacial score (nSPS) is 17.3. The Labute approximate surface area is 131 Å². The number of nitrogens with one attached hydrogen (secondary N) is 2. The molecule has 1 aliphatic heterocycles. The van der Waals surface area contributed by atoms with Crippen LogP contribution in [-0.2, 0) is 6.42 Å². The van der Waals surface area contributed by atoms with Gasteiger partial charge in [-0.1, -0.05) is 12.8 Å². The summed E-state index contributed by atoms with van der Waals surface area (Å²) in [6.07, 6.45) is 5.45. The zero-order valence-electron chi connectivity index (χ0n) is 13.1. The van der Waals surface area contributed by atoms with Gasteiger partial charge in [-0.05, 0) is 49.4 Å². The molecule has 0 saturated heterocycles. The van der Waals surface area contributed by atoms with E-state index in [1.54, 1.807) is 0 Å². The summed E-state index contributed by atoms with van der Waals surface area (Å²) < 4.78 is 11.2. The molecular formula is C17H24N2O3. The van der Waals surface area contributed by atoms with Crippen LogP contribution in [0, 0.1) is 6.92 Å². The van der Waals surface area contributed by atoms with Gasteiger partial charge in [0.1, 0.15) is 13.2 Å². The van der Waals surface area contributed by atoms with Gasteiger partial charge in [-0.15, -0.1) is 0 Å². The van der Waals surface area contributed by atoms with Crippen molar-refractivity contribution in [3.05, 3.63) is 23.3 Å². The van der Waals surface area contributed by atoms with E-state index in [0.717, 1.165) is 30.8 Å². The molecule has 1 fully saturated rings. The molecule has 0 atom stereocenters. The van der Waals surface area contributed by atoms with E-state index in [1.165, 1.54) is 24.0 Å². The summed E-state index contributed by atoms with van der Waals surface area (Å²) in [5.74, 6) is 1.63. The predicted octanol–water partition coefficient (Wildman–Crippen LogP) is 2.55. The molecule has 2 amide bonds. The third-order valence-electron chi connectivity index (χ3n) is 4.37. The molecule has 2 N–H and O–H groups in total. The third-order valence-corrected chi connectivity index (χ3v) is 4.37. The summed E-state index contributed by atoms with van der Waals surface area (Å²) in [4.78, 5) is 11.8. The first-order valence-corrected chi connectivity index (χ1v) is 8.16. The molecule has 120 valence electrons. The number of benzene rings is 1. The molecule has 5 heteroatoms. The number of fused-ring (bicyclic) bond motifs is 1. The number of amides is 2. The van der Waals surface area contributed by atoms with Crippen LogP contribution in [0.5, 0.6) is 11.5 Å². The van der Waals surface area contributed by atoms with Gasteiger partial charge >= 0.3 is 6.03 Å². The van der Waals surface area contributed by atoms with Crippen LogP contribution < -0.4 is 20.1 Å². The molecule has 5 nitrogen and oxygen atoms in total. The van der Waals surface area contributed by atoms with Gasteiger partial charge in [-0.25, -0.2) is 4.79 Å². The number of hydrogen-bond acceptors (Lipinski definition) is 3. The summed E-state index contributed by atoms with van der Waals surface area (Å²) in [5, 5.41) is 5.98. The first-order chi connectivity index (χ1) is 10.7. The van der Waals surface area contributed by atoms with Gasteiger partial charge in [0.05, 0.1) is 0 Å². The number of ether oxygens (including phenoxy) is 2. The van der Waals surface area contributed by atoms with E-state index in [2.05, 4.69) is 17.6 Å².